The molecule has 10 atom stereocenters. The zero-order valence-corrected chi connectivity index (χ0v) is 38.0. The summed E-state index contributed by atoms with van der Waals surface area (Å²) in [6.07, 6.45) is -9.08. The molecule has 7 rings (SSSR count). The summed E-state index contributed by atoms with van der Waals surface area (Å²) in [5.41, 5.74) is 4.55. The van der Waals surface area contributed by atoms with Gasteiger partial charge in [0.05, 0.1) is 52.9 Å². The van der Waals surface area contributed by atoms with Gasteiger partial charge in [0.2, 0.25) is 0 Å². The molecule has 0 bridgehead atoms. The van der Waals surface area contributed by atoms with Gasteiger partial charge in [-0.15, -0.1) is 6.58 Å². The summed E-state index contributed by atoms with van der Waals surface area (Å²) in [6, 6.07) is 48.4. The summed E-state index contributed by atoms with van der Waals surface area (Å²) >= 11 is 0. The number of ether oxygens (including phenoxy) is 11. The Bertz CT molecular complexity index is 2200. The molecule has 2 heterocycles. The zero-order valence-electron chi connectivity index (χ0n) is 38.0. The van der Waals surface area contributed by atoms with Gasteiger partial charge in [0.25, 0.3) is 0 Å². The molecule has 5 aromatic carbocycles. The fourth-order valence-corrected chi connectivity index (χ4v) is 8.00. The number of benzene rings is 5. The summed E-state index contributed by atoms with van der Waals surface area (Å²) in [6.45, 7) is 7.59. The first-order valence-electron chi connectivity index (χ1n) is 22.6. The van der Waals surface area contributed by atoms with E-state index in [0.717, 1.165) is 27.8 Å². The molecule has 0 saturated carbocycles. The summed E-state index contributed by atoms with van der Waals surface area (Å²) in [5, 5.41) is 0. The molecule has 2 fully saturated rings. The lowest BCUT2D eigenvalue weighted by atomic mass is 9.95. The Labute approximate surface area is 392 Å². The number of hydrogen-bond acceptors (Lipinski definition) is 13. The lowest BCUT2D eigenvalue weighted by Gasteiger charge is -2.49. The monoisotopic (exact) mass is 916 g/mol. The number of carbonyl (C=O) groups excluding carboxylic acids is 2. The first kappa shape index (κ1) is 49.3. The Balaban J connectivity index is 1.27. The molecule has 354 valence electrons. The molecule has 13 nitrogen and oxygen atoms in total. The van der Waals surface area contributed by atoms with Gasteiger partial charge in [-0.2, -0.15) is 0 Å². The predicted octanol–water partition coefficient (Wildman–Crippen LogP) is 8.08. The van der Waals surface area contributed by atoms with E-state index in [4.69, 9.17) is 52.1 Å². The molecule has 0 N–H and O–H groups in total. The minimum atomic E-state index is -1.37. The van der Waals surface area contributed by atoms with Crippen molar-refractivity contribution in [3.8, 4) is 0 Å². The third kappa shape index (κ3) is 15.0. The van der Waals surface area contributed by atoms with Gasteiger partial charge >= 0.3 is 11.9 Å². The molecule has 2 aliphatic rings. The second kappa shape index (κ2) is 26.1. The molecule has 67 heavy (non-hydrogen) atoms. The molecule has 0 spiro atoms. The molecule has 0 amide bonds. The van der Waals surface area contributed by atoms with E-state index < -0.39 is 73.4 Å². The maximum Gasteiger partial charge on any atom is 0.303 e. The van der Waals surface area contributed by atoms with Crippen molar-refractivity contribution in [2.45, 2.75) is 108 Å². The van der Waals surface area contributed by atoms with Crippen LogP contribution in [0.2, 0.25) is 0 Å². The van der Waals surface area contributed by atoms with E-state index in [2.05, 4.69) is 6.58 Å². The first-order chi connectivity index (χ1) is 32.8. The van der Waals surface area contributed by atoms with E-state index in [1.54, 1.807) is 6.08 Å². The second-order valence-electron chi connectivity index (χ2n) is 16.2. The Kier molecular flexibility index (Phi) is 19.2. The Morgan fingerprint density at radius 3 is 1.21 bits per heavy atom. The van der Waals surface area contributed by atoms with Crippen LogP contribution in [-0.2, 0) is 94.7 Å². The first-order valence-corrected chi connectivity index (χ1v) is 22.6. The minimum absolute atomic E-state index is 0.0293. The molecule has 2 saturated heterocycles. The largest absolute Gasteiger partial charge is 0.454 e. The maximum atomic E-state index is 13.1. The molecule has 13 heteroatoms. The van der Waals surface area contributed by atoms with E-state index in [0.29, 0.717) is 0 Å². The highest BCUT2D eigenvalue weighted by molar-refractivity contribution is 5.66. The van der Waals surface area contributed by atoms with Gasteiger partial charge in [0.1, 0.15) is 36.6 Å². The van der Waals surface area contributed by atoms with E-state index in [1.165, 1.54) is 13.8 Å². The van der Waals surface area contributed by atoms with Crippen molar-refractivity contribution >= 4 is 11.9 Å². The standard InChI is InChI=1S/C54H60O13/c1-4-30-59-49-47(60-33-42-24-14-7-15-25-42)45(36-57-31-40-20-10-5-11-21-40)66-54(51(49)63-38(2)55)67-50-48(61-34-43-26-16-8-17-27-43)46(37-58-32-41-22-12-6-13-23-41)65-53(52(50)64-39(3)56)62-35-44-28-18-9-19-29-44/h4-29,45-54H,1,30-37H2,2-3H3/t45-,46-,47-,48-,49+,50+,51-,52-,53-,54+/m1/s1. The zero-order chi connectivity index (χ0) is 46.6. The molecular formula is C54H60O13. The minimum Gasteiger partial charge on any atom is -0.454 e. The van der Waals surface area contributed by atoms with Crippen LogP contribution >= 0.6 is 0 Å². The number of rotatable bonds is 24. The quantitative estimate of drug-likeness (QED) is 0.0437. The second-order valence-corrected chi connectivity index (χ2v) is 16.2. The Morgan fingerprint density at radius 2 is 0.806 bits per heavy atom. The van der Waals surface area contributed by atoms with Crippen LogP contribution in [0, 0.1) is 0 Å². The van der Waals surface area contributed by atoms with Gasteiger partial charge in [-0.05, 0) is 27.8 Å². The summed E-state index contributed by atoms with van der Waals surface area (Å²) in [7, 11) is 0. The molecule has 0 radical (unpaired) electrons. The van der Waals surface area contributed by atoms with E-state index in [-0.39, 0.29) is 52.9 Å². The third-order valence-electron chi connectivity index (χ3n) is 11.1. The fourth-order valence-electron chi connectivity index (χ4n) is 8.00. The van der Waals surface area contributed by atoms with Crippen molar-refractivity contribution in [2.75, 3.05) is 19.8 Å². The van der Waals surface area contributed by atoms with E-state index in [1.807, 2.05) is 152 Å². The molecule has 0 aromatic heterocycles. The van der Waals surface area contributed by atoms with Crippen molar-refractivity contribution in [1.29, 1.82) is 0 Å². The van der Waals surface area contributed by atoms with Crippen LogP contribution in [-0.4, -0.2) is 93.2 Å². The van der Waals surface area contributed by atoms with Crippen LogP contribution in [0.5, 0.6) is 0 Å². The van der Waals surface area contributed by atoms with Gasteiger partial charge in [-0.25, -0.2) is 0 Å². The molecule has 2 aliphatic heterocycles. The number of hydrogen-bond donors (Lipinski definition) is 0. The average Bonchev–Trinajstić information content (AvgIpc) is 3.35. The Hall–Kier alpha value is -5.58. The van der Waals surface area contributed by atoms with Gasteiger partial charge in [0.15, 0.2) is 24.8 Å². The van der Waals surface area contributed by atoms with Gasteiger partial charge < -0.3 is 52.1 Å². The highest BCUT2D eigenvalue weighted by atomic mass is 16.8. The highest BCUT2D eigenvalue weighted by Gasteiger charge is 2.56. The summed E-state index contributed by atoms with van der Waals surface area (Å²) in [5.74, 6) is -1.24. The lowest BCUT2D eigenvalue weighted by molar-refractivity contribution is -0.371. The van der Waals surface area contributed by atoms with Crippen LogP contribution < -0.4 is 0 Å². The molecule has 0 aliphatic carbocycles. The normalized spacial score (nSPS) is 24.9. The van der Waals surface area contributed by atoms with Gasteiger partial charge in [-0.3, -0.25) is 9.59 Å². The van der Waals surface area contributed by atoms with Crippen LogP contribution in [0.15, 0.2) is 164 Å². The van der Waals surface area contributed by atoms with Crippen LogP contribution in [0.1, 0.15) is 41.7 Å². The van der Waals surface area contributed by atoms with Crippen LogP contribution in [0.4, 0.5) is 0 Å². The van der Waals surface area contributed by atoms with E-state index in [9.17, 15) is 9.59 Å². The number of carbonyl (C=O) groups is 2. The van der Waals surface area contributed by atoms with Crippen LogP contribution in [0.25, 0.3) is 0 Å². The van der Waals surface area contributed by atoms with Crippen molar-refractivity contribution in [3.63, 3.8) is 0 Å². The SMILES string of the molecule is C=CCO[C@@H]1[C@@H](OC(C)=O)[C@H](O[C@@H]2[C@@H](OC(C)=O)[C@H](OCc3ccccc3)O[C@H](COCc3ccccc3)[C@H]2OCc2ccccc2)O[C@H](COCc2ccccc2)[C@H]1OCc1ccccc1. The van der Waals surface area contributed by atoms with Crippen molar-refractivity contribution in [2.24, 2.45) is 0 Å². The van der Waals surface area contributed by atoms with E-state index >= 15 is 0 Å². The van der Waals surface area contributed by atoms with Gasteiger partial charge in [0, 0.05) is 13.8 Å². The van der Waals surface area contributed by atoms with Gasteiger partial charge in [-0.1, -0.05) is 158 Å². The third-order valence-corrected chi connectivity index (χ3v) is 11.1. The van der Waals surface area contributed by atoms with Crippen molar-refractivity contribution < 1.29 is 61.7 Å². The maximum absolute atomic E-state index is 13.1. The fraction of sp³-hybridized carbons (Fsp3) is 0.370. The Morgan fingerprint density at radius 1 is 0.448 bits per heavy atom. The smallest absolute Gasteiger partial charge is 0.303 e. The molecule has 5 aromatic rings. The lowest BCUT2D eigenvalue weighted by Crippen LogP contribution is -2.67. The highest BCUT2D eigenvalue weighted by Crippen LogP contribution is 2.36. The van der Waals surface area contributed by atoms with Crippen molar-refractivity contribution in [3.05, 3.63) is 192 Å². The van der Waals surface area contributed by atoms with Crippen LogP contribution in [0.3, 0.4) is 0 Å². The molecule has 0 unspecified atom stereocenters. The average molecular weight is 917 g/mol. The summed E-state index contributed by atoms with van der Waals surface area (Å²) in [4.78, 5) is 26.3. The summed E-state index contributed by atoms with van der Waals surface area (Å²) < 4.78 is 72.0. The van der Waals surface area contributed by atoms with Crippen molar-refractivity contribution in [1.82, 2.24) is 0 Å². The molecular weight excluding hydrogens is 857 g/mol. The topological polar surface area (TPSA) is 136 Å². The predicted molar refractivity (Wildman–Crippen MR) is 247 cm³/mol. The number of esters is 2.